The van der Waals surface area contributed by atoms with E-state index in [1.165, 1.54) is 16.1 Å². The Kier molecular flexibility index (Phi) is 5.35. The Morgan fingerprint density at radius 3 is 2.14 bits per heavy atom. The Balaban J connectivity index is 1.86. The van der Waals surface area contributed by atoms with Crippen LogP contribution in [-0.4, -0.2) is 11.8 Å². The summed E-state index contributed by atoms with van der Waals surface area (Å²) in [6.07, 6.45) is 0. The molecule has 0 fully saturated rings. The summed E-state index contributed by atoms with van der Waals surface area (Å²) in [6.45, 7) is 9.98. The molecule has 0 saturated heterocycles. The maximum absolute atomic E-state index is 3.48. The van der Waals surface area contributed by atoms with Gasteiger partial charge in [0.25, 0.3) is 0 Å². The van der Waals surface area contributed by atoms with Gasteiger partial charge in [0, 0.05) is 22.4 Å². The van der Waals surface area contributed by atoms with Crippen LogP contribution < -0.4 is 5.32 Å². The van der Waals surface area contributed by atoms with Gasteiger partial charge in [-0.1, -0.05) is 58.0 Å². The quantitative estimate of drug-likeness (QED) is 0.724. The summed E-state index contributed by atoms with van der Waals surface area (Å²) >= 11 is 1.92. The predicted octanol–water partition coefficient (Wildman–Crippen LogP) is 5.58. The third-order valence-corrected chi connectivity index (χ3v) is 4.54. The summed E-state index contributed by atoms with van der Waals surface area (Å²) in [5.74, 6) is 0. The van der Waals surface area contributed by atoms with Gasteiger partial charge >= 0.3 is 0 Å². The van der Waals surface area contributed by atoms with E-state index in [4.69, 9.17) is 0 Å². The molecule has 0 aliphatic heterocycles. The van der Waals surface area contributed by atoms with Crippen LogP contribution in [0.2, 0.25) is 0 Å². The van der Waals surface area contributed by atoms with E-state index in [9.17, 15) is 0 Å². The van der Waals surface area contributed by atoms with Gasteiger partial charge in [-0.05, 0) is 35.2 Å². The molecular weight excluding hydrogens is 274 g/mol. The monoisotopic (exact) mass is 299 g/mol. The minimum atomic E-state index is 0.226. The van der Waals surface area contributed by atoms with E-state index in [1.54, 1.807) is 0 Å². The summed E-state index contributed by atoms with van der Waals surface area (Å²) in [5.41, 5.74) is 2.80. The largest absolute Gasteiger partial charge is 0.384 e. The number of hydrogen-bond donors (Lipinski definition) is 1. The first-order valence-corrected chi connectivity index (χ1v) is 8.39. The Morgan fingerprint density at radius 2 is 1.57 bits per heavy atom. The fourth-order valence-corrected chi connectivity index (χ4v) is 3.05. The lowest BCUT2D eigenvalue weighted by Crippen LogP contribution is -2.13. The Morgan fingerprint density at radius 1 is 0.952 bits per heavy atom. The molecule has 0 spiro atoms. The smallest absolute Gasteiger partial charge is 0.0340 e. The normalized spacial score (nSPS) is 13.0. The third-order valence-electron chi connectivity index (χ3n) is 3.43. The second-order valence-electron chi connectivity index (χ2n) is 6.45. The molecule has 2 rings (SSSR count). The lowest BCUT2D eigenvalue weighted by atomic mass is 9.87. The van der Waals surface area contributed by atoms with Crippen LogP contribution in [0.25, 0.3) is 0 Å². The first kappa shape index (κ1) is 16.0. The zero-order valence-electron chi connectivity index (χ0n) is 13.4. The molecule has 0 radical (unpaired) electrons. The van der Waals surface area contributed by atoms with Crippen molar-refractivity contribution in [3.63, 3.8) is 0 Å². The molecular formula is C19H25NS. The summed E-state index contributed by atoms with van der Waals surface area (Å²) in [5, 5.41) is 4.01. The van der Waals surface area contributed by atoms with Gasteiger partial charge in [0.15, 0.2) is 0 Å². The zero-order valence-corrected chi connectivity index (χ0v) is 14.2. The van der Waals surface area contributed by atoms with Gasteiger partial charge in [-0.3, -0.25) is 0 Å². The van der Waals surface area contributed by atoms with Gasteiger partial charge in [0.1, 0.15) is 0 Å². The summed E-state index contributed by atoms with van der Waals surface area (Å²) < 4.78 is 0. The Bertz CT molecular complexity index is 540. The molecule has 0 aliphatic rings. The van der Waals surface area contributed by atoms with E-state index >= 15 is 0 Å². The van der Waals surface area contributed by atoms with E-state index in [-0.39, 0.29) is 5.41 Å². The SMILES string of the molecule is CC(CNc1ccccc1)Sc1ccc(C(C)(C)C)cc1. The van der Waals surface area contributed by atoms with Crippen molar-refractivity contribution in [1.82, 2.24) is 0 Å². The summed E-state index contributed by atoms with van der Waals surface area (Å²) in [7, 11) is 0. The second kappa shape index (κ2) is 7.04. The molecule has 1 atom stereocenters. The van der Waals surface area contributed by atoms with Gasteiger partial charge in [-0.15, -0.1) is 11.8 Å². The Hall–Kier alpha value is -1.41. The van der Waals surface area contributed by atoms with Gasteiger partial charge in [0.2, 0.25) is 0 Å². The van der Waals surface area contributed by atoms with E-state index in [1.807, 2.05) is 17.8 Å². The average molecular weight is 299 g/mol. The van der Waals surface area contributed by atoms with Crippen molar-refractivity contribution < 1.29 is 0 Å². The van der Waals surface area contributed by atoms with E-state index in [0.717, 1.165) is 6.54 Å². The first-order chi connectivity index (χ1) is 9.95. The average Bonchev–Trinajstić information content (AvgIpc) is 2.46. The lowest BCUT2D eigenvalue weighted by molar-refractivity contribution is 0.590. The summed E-state index contributed by atoms with van der Waals surface area (Å²) in [4.78, 5) is 1.34. The molecule has 2 heteroatoms. The molecule has 21 heavy (non-hydrogen) atoms. The highest BCUT2D eigenvalue weighted by Gasteiger charge is 2.13. The fraction of sp³-hybridized carbons (Fsp3) is 0.368. The minimum absolute atomic E-state index is 0.226. The number of hydrogen-bond acceptors (Lipinski definition) is 2. The minimum Gasteiger partial charge on any atom is -0.384 e. The number of benzene rings is 2. The van der Waals surface area contributed by atoms with Crippen LogP contribution >= 0.6 is 11.8 Å². The van der Waals surface area contributed by atoms with Crippen molar-refractivity contribution in [2.45, 2.75) is 43.3 Å². The number of para-hydroxylation sites is 1. The van der Waals surface area contributed by atoms with Crippen molar-refractivity contribution in [2.75, 3.05) is 11.9 Å². The predicted molar refractivity (Wildman–Crippen MR) is 95.4 cm³/mol. The van der Waals surface area contributed by atoms with E-state index in [0.29, 0.717) is 5.25 Å². The zero-order chi connectivity index (χ0) is 15.3. The van der Waals surface area contributed by atoms with E-state index in [2.05, 4.69) is 81.5 Å². The van der Waals surface area contributed by atoms with Crippen LogP contribution in [-0.2, 0) is 5.41 Å². The molecule has 2 aromatic rings. The molecule has 112 valence electrons. The van der Waals surface area contributed by atoms with Crippen LogP contribution in [0, 0.1) is 0 Å². The number of anilines is 1. The molecule has 0 amide bonds. The van der Waals surface area contributed by atoms with Crippen LogP contribution in [0.3, 0.4) is 0 Å². The van der Waals surface area contributed by atoms with Crippen LogP contribution in [0.1, 0.15) is 33.3 Å². The maximum atomic E-state index is 3.48. The first-order valence-electron chi connectivity index (χ1n) is 7.51. The highest BCUT2D eigenvalue weighted by atomic mass is 32.2. The molecule has 0 aliphatic carbocycles. The van der Waals surface area contributed by atoms with Crippen molar-refractivity contribution in [1.29, 1.82) is 0 Å². The fourth-order valence-electron chi connectivity index (χ4n) is 2.13. The van der Waals surface area contributed by atoms with Crippen molar-refractivity contribution in [2.24, 2.45) is 0 Å². The lowest BCUT2D eigenvalue weighted by Gasteiger charge is -2.19. The molecule has 1 unspecified atom stereocenters. The van der Waals surface area contributed by atoms with Crippen LogP contribution in [0.15, 0.2) is 59.5 Å². The highest BCUT2D eigenvalue weighted by molar-refractivity contribution is 8.00. The number of thioether (sulfide) groups is 1. The number of rotatable bonds is 5. The molecule has 0 bridgehead atoms. The van der Waals surface area contributed by atoms with Crippen molar-refractivity contribution >= 4 is 17.4 Å². The third kappa shape index (κ3) is 5.13. The molecule has 1 nitrogen and oxygen atoms in total. The topological polar surface area (TPSA) is 12.0 Å². The van der Waals surface area contributed by atoms with Crippen molar-refractivity contribution in [3.05, 3.63) is 60.2 Å². The van der Waals surface area contributed by atoms with Gasteiger partial charge in [-0.2, -0.15) is 0 Å². The molecule has 0 heterocycles. The summed E-state index contributed by atoms with van der Waals surface area (Å²) in [6, 6.07) is 19.4. The van der Waals surface area contributed by atoms with E-state index < -0.39 is 0 Å². The number of nitrogens with one attached hydrogen (secondary N) is 1. The standard InChI is InChI=1S/C19H25NS/c1-15(14-20-17-8-6-5-7-9-17)21-18-12-10-16(11-13-18)19(2,3)4/h5-13,15,20H,14H2,1-4H3. The molecule has 1 N–H and O–H groups in total. The van der Waals surface area contributed by atoms with Gasteiger partial charge in [0.05, 0.1) is 0 Å². The second-order valence-corrected chi connectivity index (χ2v) is 7.96. The highest BCUT2D eigenvalue weighted by Crippen LogP contribution is 2.27. The maximum Gasteiger partial charge on any atom is 0.0340 e. The van der Waals surface area contributed by atoms with Gasteiger partial charge < -0.3 is 5.32 Å². The molecule has 0 saturated carbocycles. The van der Waals surface area contributed by atoms with Crippen molar-refractivity contribution in [3.8, 4) is 0 Å². The van der Waals surface area contributed by atoms with Crippen LogP contribution in [0.5, 0.6) is 0 Å². The molecule has 0 aromatic heterocycles. The Labute approximate surface area is 133 Å². The van der Waals surface area contributed by atoms with Crippen LogP contribution in [0.4, 0.5) is 5.69 Å². The molecule has 2 aromatic carbocycles. The van der Waals surface area contributed by atoms with Gasteiger partial charge in [-0.25, -0.2) is 0 Å².